The molecule has 0 fully saturated rings. The number of hydrogen-bond donors (Lipinski definition) is 2. The second kappa shape index (κ2) is 8.29. The van der Waals surface area contributed by atoms with E-state index in [-0.39, 0.29) is 0 Å². The Balaban J connectivity index is 1.68. The first kappa shape index (κ1) is 19.7. The maximum Gasteiger partial charge on any atom is 0.171 e. The maximum atomic E-state index is 6.11. The van der Waals surface area contributed by atoms with E-state index in [9.17, 15) is 0 Å². The maximum absolute atomic E-state index is 6.11. The van der Waals surface area contributed by atoms with Crippen LogP contribution < -0.4 is 10.6 Å². The molecule has 0 saturated carbocycles. The van der Waals surface area contributed by atoms with Gasteiger partial charge < -0.3 is 10.6 Å². The summed E-state index contributed by atoms with van der Waals surface area (Å²) in [7, 11) is 1.90. The highest BCUT2D eigenvalue weighted by Crippen LogP contribution is 2.25. The van der Waals surface area contributed by atoms with E-state index in [0.717, 1.165) is 28.3 Å². The van der Waals surface area contributed by atoms with Crippen molar-refractivity contribution in [1.82, 2.24) is 24.9 Å². The van der Waals surface area contributed by atoms with Crippen LogP contribution in [0.3, 0.4) is 0 Å². The third-order valence-electron chi connectivity index (χ3n) is 4.29. The molecule has 0 atom stereocenters. The first-order valence-electron chi connectivity index (χ1n) is 8.35. The van der Waals surface area contributed by atoms with Crippen LogP contribution in [-0.4, -0.2) is 24.7 Å². The molecular formula is C18H20Cl2N6S. The van der Waals surface area contributed by atoms with E-state index in [1.807, 2.05) is 43.8 Å². The van der Waals surface area contributed by atoms with Crippen LogP contribution in [0.15, 0.2) is 30.5 Å². The summed E-state index contributed by atoms with van der Waals surface area (Å²) in [5.74, 6) is 0. The Morgan fingerprint density at radius 1 is 1.19 bits per heavy atom. The molecule has 9 heteroatoms. The van der Waals surface area contributed by atoms with Gasteiger partial charge in [-0.3, -0.25) is 9.36 Å². The van der Waals surface area contributed by atoms with Crippen LogP contribution in [0.4, 0.5) is 5.69 Å². The topological polar surface area (TPSA) is 59.7 Å². The van der Waals surface area contributed by atoms with Crippen molar-refractivity contribution in [1.29, 1.82) is 0 Å². The van der Waals surface area contributed by atoms with Gasteiger partial charge >= 0.3 is 0 Å². The summed E-state index contributed by atoms with van der Waals surface area (Å²) >= 11 is 17.5. The minimum absolute atomic E-state index is 0.537. The van der Waals surface area contributed by atoms with Crippen molar-refractivity contribution in [2.75, 3.05) is 5.32 Å². The first-order chi connectivity index (χ1) is 12.8. The normalized spacial score (nSPS) is 10.9. The highest BCUT2D eigenvalue weighted by molar-refractivity contribution is 7.80. The smallest absolute Gasteiger partial charge is 0.171 e. The minimum atomic E-state index is 0.537. The molecule has 0 aliphatic carbocycles. The second-order valence-electron chi connectivity index (χ2n) is 6.21. The number of aromatic nitrogens is 4. The van der Waals surface area contributed by atoms with Gasteiger partial charge in [-0.25, -0.2) is 0 Å². The molecule has 3 aromatic rings. The average molecular weight is 423 g/mol. The molecule has 2 N–H and O–H groups in total. The lowest BCUT2D eigenvalue weighted by molar-refractivity contribution is 0.659. The van der Waals surface area contributed by atoms with Crippen LogP contribution in [0, 0.1) is 13.8 Å². The van der Waals surface area contributed by atoms with Crippen LogP contribution in [0.5, 0.6) is 0 Å². The highest BCUT2D eigenvalue weighted by Gasteiger charge is 2.13. The van der Waals surface area contributed by atoms with Gasteiger partial charge in [-0.1, -0.05) is 29.3 Å². The number of nitrogens with zero attached hydrogens (tertiary/aromatic N) is 4. The van der Waals surface area contributed by atoms with Crippen molar-refractivity contribution in [3.63, 3.8) is 0 Å². The van der Waals surface area contributed by atoms with Gasteiger partial charge in [-0.15, -0.1) is 0 Å². The molecule has 0 radical (unpaired) electrons. The third-order valence-corrected chi connectivity index (χ3v) is 5.27. The number of halogens is 2. The summed E-state index contributed by atoms with van der Waals surface area (Å²) in [6.07, 6.45) is 1.76. The number of aryl methyl sites for hydroxylation is 2. The van der Waals surface area contributed by atoms with Crippen molar-refractivity contribution in [2.45, 2.75) is 26.9 Å². The van der Waals surface area contributed by atoms with E-state index in [1.165, 1.54) is 0 Å². The molecule has 2 heterocycles. The lowest BCUT2D eigenvalue weighted by Gasteiger charge is -2.11. The van der Waals surface area contributed by atoms with Gasteiger partial charge in [0, 0.05) is 13.2 Å². The fourth-order valence-electron chi connectivity index (χ4n) is 2.75. The molecule has 1 aromatic carbocycles. The molecular weight excluding hydrogens is 403 g/mol. The van der Waals surface area contributed by atoms with Crippen molar-refractivity contribution in [3.8, 4) is 0 Å². The zero-order valence-corrected chi connectivity index (χ0v) is 17.6. The van der Waals surface area contributed by atoms with E-state index in [0.29, 0.717) is 28.2 Å². The van der Waals surface area contributed by atoms with Crippen LogP contribution in [0.25, 0.3) is 0 Å². The fraction of sp³-hybridized carbons (Fsp3) is 0.278. The Labute approximate surface area is 173 Å². The summed E-state index contributed by atoms with van der Waals surface area (Å²) in [6.45, 7) is 5.15. The predicted molar refractivity (Wildman–Crippen MR) is 114 cm³/mol. The molecule has 27 heavy (non-hydrogen) atoms. The van der Waals surface area contributed by atoms with Gasteiger partial charge in [0.05, 0.1) is 45.9 Å². The zero-order chi connectivity index (χ0) is 19.6. The Bertz CT molecular complexity index is 978. The first-order valence-corrected chi connectivity index (χ1v) is 9.51. The summed E-state index contributed by atoms with van der Waals surface area (Å²) < 4.78 is 3.72. The Hall–Kier alpha value is -2.09. The standard InChI is InChI=1S/C18H20Cl2N6S/c1-11-17(23-18(27)21-9-14-6-7-22-25(14)3)12(2)26(24-11)10-13-4-5-15(19)16(20)8-13/h4-8H,9-10H2,1-3H3,(H2,21,23,27). The lowest BCUT2D eigenvalue weighted by atomic mass is 10.2. The molecule has 0 aliphatic heterocycles. The Kier molecular flexibility index (Phi) is 6.04. The minimum Gasteiger partial charge on any atom is -0.357 e. The average Bonchev–Trinajstić information content (AvgIpc) is 3.14. The lowest BCUT2D eigenvalue weighted by Crippen LogP contribution is -2.29. The summed E-state index contributed by atoms with van der Waals surface area (Å²) in [6, 6.07) is 7.54. The van der Waals surface area contributed by atoms with Gasteiger partial charge in [0.2, 0.25) is 0 Å². The van der Waals surface area contributed by atoms with E-state index in [1.54, 1.807) is 16.9 Å². The van der Waals surface area contributed by atoms with Crippen LogP contribution in [0.2, 0.25) is 10.0 Å². The van der Waals surface area contributed by atoms with Crippen LogP contribution >= 0.6 is 35.4 Å². The number of anilines is 1. The fourth-order valence-corrected chi connectivity index (χ4v) is 3.24. The number of benzene rings is 1. The van der Waals surface area contributed by atoms with E-state index in [4.69, 9.17) is 35.4 Å². The molecule has 3 rings (SSSR count). The number of rotatable bonds is 5. The van der Waals surface area contributed by atoms with E-state index >= 15 is 0 Å². The largest absolute Gasteiger partial charge is 0.357 e. The number of nitrogens with one attached hydrogen (secondary N) is 2. The van der Waals surface area contributed by atoms with Gasteiger partial charge in [0.25, 0.3) is 0 Å². The zero-order valence-electron chi connectivity index (χ0n) is 15.3. The van der Waals surface area contributed by atoms with Crippen LogP contribution in [0.1, 0.15) is 22.6 Å². The van der Waals surface area contributed by atoms with Crippen molar-refractivity contribution >= 4 is 46.2 Å². The molecule has 0 saturated heterocycles. The second-order valence-corrected chi connectivity index (χ2v) is 7.43. The van der Waals surface area contributed by atoms with Crippen molar-refractivity contribution in [3.05, 3.63) is 63.2 Å². The summed E-state index contributed by atoms with van der Waals surface area (Å²) in [5, 5.41) is 16.8. The summed E-state index contributed by atoms with van der Waals surface area (Å²) in [5.41, 5.74) is 4.83. The van der Waals surface area contributed by atoms with Gasteiger partial charge in [-0.05, 0) is 49.8 Å². The molecule has 2 aromatic heterocycles. The predicted octanol–water partition coefficient (Wildman–Crippen LogP) is 4.08. The van der Waals surface area contributed by atoms with Gasteiger partial charge in [0.15, 0.2) is 5.11 Å². The summed E-state index contributed by atoms with van der Waals surface area (Å²) in [4.78, 5) is 0. The Morgan fingerprint density at radius 2 is 1.96 bits per heavy atom. The third kappa shape index (κ3) is 4.61. The van der Waals surface area contributed by atoms with Crippen LogP contribution in [-0.2, 0) is 20.1 Å². The van der Waals surface area contributed by atoms with Crippen molar-refractivity contribution in [2.24, 2.45) is 7.05 Å². The molecule has 6 nitrogen and oxygen atoms in total. The Morgan fingerprint density at radius 3 is 2.63 bits per heavy atom. The molecule has 0 unspecified atom stereocenters. The quantitative estimate of drug-likeness (QED) is 0.606. The van der Waals surface area contributed by atoms with Gasteiger partial charge in [-0.2, -0.15) is 10.2 Å². The SMILES string of the molecule is Cc1nn(Cc2ccc(Cl)c(Cl)c2)c(C)c1NC(=S)NCc1ccnn1C. The molecule has 0 aliphatic rings. The monoisotopic (exact) mass is 422 g/mol. The molecule has 0 bridgehead atoms. The number of thiocarbonyl (C=S) groups is 1. The molecule has 0 amide bonds. The molecule has 142 valence electrons. The highest BCUT2D eigenvalue weighted by atomic mass is 35.5. The molecule has 0 spiro atoms. The van der Waals surface area contributed by atoms with E-state index < -0.39 is 0 Å². The van der Waals surface area contributed by atoms with Crippen molar-refractivity contribution < 1.29 is 0 Å². The number of hydrogen-bond acceptors (Lipinski definition) is 3. The van der Waals surface area contributed by atoms with Gasteiger partial charge in [0.1, 0.15) is 0 Å². The van der Waals surface area contributed by atoms with E-state index in [2.05, 4.69) is 20.8 Å².